The van der Waals surface area contributed by atoms with Gasteiger partial charge in [-0.15, -0.1) is 0 Å². The molecule has 1 atom stereocenters. The van der Waals surface area contributed by atoms with Crippen molar-refractivity contribution in [3.8, 4) is 0 Å². The van der Waals surface area contributed by atoms with Gasteiger partial charge in [0, 0.05) is 26.7 Å². The maximum absolute atomic E-state index is 12.9. The zero-order chi connectivity index (χ0) is 18.3. The average Bonchev–Trinajstić information content (AvgIpc) is 2.60. The fourth-order valence-electron chi connectivity index (χ4n) is 2.66. The van der Waals surface area contributed by atoms with Gasteiger partial charge in [0.15, 0.2) is 9.84 Å². The van der Waals surface area contributed by atoms with Gasteiger partial charge < -0.3 is 15.0 Å². The van der Waals surface area contributed by atoms with Crippen LogP contribution in [0, 0.1) is 5.82 Å². The van der Waals surface area contributed by atoms with Crippen molar-refractivity contribution < 1.29 is 22.3 Å². The van der Waals surface area contributed by atoms with Gasteiger partial charge in [-0.2, -0.15) is 0 Å². The first-order chi connectivity index (χ1) is 11.9. The predicted octanol–water partition coefficient (Wildman–Crippen LogP) is 2.20. The van der Waals surface area contributed by atoms with Gasteiger partial charge >= 0.3 is 6.03 Å². The van der Waals surface area contributed by atoms with E-state index in [0.29, 0.717) is 6.54 Å². The molecule has 0 spiro atoms. The third kappa shape index (κ3) is 6.28. The number of hydrogen-bond acceptors (Lipinski definition) is 4. The smallest absolute Gasteiger partial charge is 0.317 e. The Morgan fingerprint density at radius 1 is 1.32 bits per heavy atom. The van der Waals surface area contributed by atoms with Crippen molar-refractivity contribution in [2.45, 2.75) is 36.7 Å². The molecular weight excluding hydrogens is 347 g/mol. The minimum atomic E-state index is -3.55. The van der Waals surface area contributed by atoms with E-state index in [9.17, 15) is 17.6 Å². The first-order valence-electron chi connectivity index (χ1n) is 8.47. The number of urea groups is 1. The molecule has 8 heteroatoms. The number of rotatable bonds is 7. The van der Waals surface area contributed by atoms with Crippen LogP contribution < -0.4 is 5.32 Å². The Morgan fingerprint density at radius 2 is 2.04 bits per heavy atom. The summed E-state index contributed by atoms with van der Waals surface area (Å²) >= 11 is 0. The molecule has 140 valence electrons. The van der Waals surface area contributed by atoms with Crippen LogP contribution in [-0.2, 0) is 14.6 Å². The summed E-state index contributed by atoms with van der Waals surface area (Å²) in [5.74, 6) is -0.722. The third-order valence-corrected chi connectivity index (χ3v) is 5.96. The van der Waals surface area contributed by atoms with Crippen molar-refractivity contribution in [3.05, 3.63) is 30.1 Å². The summed E-state index contributed by atoms with van der Waals surface area (Å²) in [6, 6.07) is 4.34. The summed E-state index contributed by atoms with van der Waals surface area (Å²) in [6.07, 6.45) is 4.24. The number of nitrogens with one attached hydrogen (secondary N) is 1. The number of ether oxygens (including phenoxy) is 1. The molecule has 1 aliphatic rings. The van der Waals surface area contributed by atoms with Gasteiger partial charge in [0.2, 0.25) is 0 Å². The van der Waals surface area contributed by atoms with E-state index in [0.717, 1.165) is 44.4 Å². The molecule has 25 heavy (non-hydrogen) atoms. The molecule has 1 fully saturated rings. The van der Waals surface area contributed by atoms with Crippen LogP contribution >= 0.6 is 0 Å². The lowest BCUT2D eigenvalue weighted by Crippen LogP contribution is -2.40. The van der Waals surface area contributed by atoms with E-state index in [1.807, 2.05) is 0 Å². The van der Waals surface area contributed by atoms with Gasteiger partial charge in [-0.05, 0) is 49.9 Å². The molecule has 0 radical (unpaired) electrons. The van der Waals surface area contributed by atoms with Gasteiger partial charge in [-0.3, -0.25) is 0 Å². The third-order valence-electron chi connectivity index (χ3n) is 4.23. The molecule has 6 nitrogen and oxygen atoms in total. The van der Waals surface area contributed by atoms with Gasteiger partial charge in [-0.1, -0.05) is 0 Å². The highest BCUT2D eigenvalue weighted by molar-refractivity contribution is 7.91. The second-order valence-electron chi connectivity index (χ2n) is 6.20. The van der Waals surface area contributed by atoms with Gasteiger partial charge in [0.1, 0.15) is 5.82 Å². The molecular formula is C17H25FN2O4S. The van der Waals surface area contributed by atoms with E-state index in [1.54, 1.807) is 7.05 Å². The topological polar surface area (TPSA) is 75.7 Å². The summed E-state index contributed by atoms with van der Waals surface area (Å²) in [4.78, 5) is 13.6. The van der Waals surface area contributed by atoms with Crippen molar-refractivity contribution in [2.24, 2.45) is 0 Å². The van der Waals surface area contributed by atoms with E-state index < -0.39 is 15.7 Å². The second kappa shape index (κ2) is 9.15. The Balaban J connectivity index is 1.72. The van der Waals surface area contributed by atoms with Gasteiger partial charge in [0.05, 0.1) is 16.8 Å². The molecule has 0 saturated carbocycles. The number of halogens is 1. The van der Waals surface area contributed by atoms with Crippen molar-refractivity contribution in [1.82, 2.24) is 10.2 Å². The highest BCUT2D eigenvalue weighted by Gasteiger charge is 2.18. The Labute approximate surface area is 148 Å². The number of benzene rings is 1. The monoisotopic (exact) mass is 372 g/mol. The molecule has 0 bridgehead atoms. The first-order valence-corrected chi connectivity index (χ1v) is 10.1. The van der Waals surface area contributed by atoms with Crippen molar-refractivity contribution >= 4 is 15.9 Å². The normalized spacial score (nSPS) is 17.9. The Hall–Kier alpha value is -1.67. The molecule has 0 aliphatic carbocycles. The number of hydrogen-bond donors (Lipinski definition) is 1. The minimum absolute atomic E-state index is 0.00279. The molecule has 2 rings (SSSR count). The first kappa shape index (κ1) is 19.7. The van der Waals surface area contributed by atoms with Crippen LogP contribution in [0.4, 0.5) is 9.18 Å². The Kier molecular flexibility index (Phi) is 7.19. The molecule has 1 aromatic carbocycles. The standard InChI is InChI=1S/C17H25FN2O4S/c1-20(11-9-15-4-2-3-12-24-15)17(21)19-10-13-25(22,23)16-7-5-14(18)6-8-16/h5-8,15H,2-4,9-13H2,1H3,(H,19,21)/t15-/m0/s1. The second-order valence-corrected chi connectivity index (χ2v) is 8.31. The lowest BCUT2D eigenvalue weighted by atomic mass is 10.1. The van der Waals surface area contributed by atoms with Crippen molar-refractivity contribution in [1.29, 1.82) is 0 Å². The van der Waals surface area contributed by atoms with E-state index >= 15 is 0 Å². The van der Waals surface area contributed by atoms with E-state index in [1.165, 1.54) is 17.0 Å². The number of amides is 2. The van der Waals surface area contributed by atoms with Crippen LogP contribution in [0.2, 0.25) is 0 Å². The minimum Gasteiger partial charge on any atom is -0.378 e. The summed E-state index contributed by atoms with van der Waals surface area (Å²) < 4.78 is 42.7. The van der Waals surface area contributed by atoms with Crippen molar-refractivity contribution in [2.75, 3.05) is 32.5 Å². The number of sulfone groups is 1. The maximum Gasteiger partial charge on any atom is 0.317 e. The largest absolute Gasteiger partial charge is 0.378 e. The molecule has 1 heterocycles. The van der Waals surface area contributed by atoms with Crippen LogP contribution in [0.25, 0.3) is 0 Å². The SMILES string of the molecule is CN(CC[C@@H]1CCCCO1)C(=O)NCCS(=O)(=O)c1ccc(F)cc1. The van der Waals surface area contributed by atoms with E-state index in [-0.39, 0.29) is 29.3 Å². The van der Waals surface area contributed by atoms with E-state index in [4.69, 9.17) is 4.74 Å². The quantitative estimate of drug-likeness (QED) is 0.745. The number of carbonyl (C=O) groups excluding carboxylic acids is 1. The molecule has 0 aromatic heterocycles. The summed E-state index contributed by atoms with van der Waals surface area (Å²) in [5, 5.41) is 2.60. The van der Waals surface area contributed by atoms with Crippen LogP contribution in [-0.4, -0.2) is 57.9 Å². The molecule has 2 amide bonds. The van der Waals surface area contributed by atoms with Gasteiger partial charge in [-0.25, -0.2) is 17.6 Å². The zero-order valence-electron chi connectivity index (χ0n) is 14.4. The van der Waals surface area contributed by atoms with Crippen LogP contribution in [0.3, 0.4) is 0 Å². The summed E-state index contributed by atoms with van der Waals surface area (Å²) in [7, 11) is -1.87. The van der Waals surface area contributed by atoms with Gasteiger partial charge in [0.25, 0.3) is 0 Å². The Morgan fingerprint density at radius 3 is 2.68 bits per heavy atom. The molecule has 1 saturated heterocycles. The lowest BCUT2D eigenvalue weighted by Gasteiger charge is -2.25. The summed E-state index contributed by atoms with van der Waals surface area (Å²) in [5.41, 5.74) is 0. The van der Waals surface area contributed by atoms with Crippen LogP contribution in [0.5, 0.6) is 0 Å². The molecule has 1 aliphatic heterocycles. The number of nitrogens with zero attached hydrogens (tertiary/aromatic N) is 1. The maximum atomic E-state index is 12.9. The Bertz CT molecular complexity index is 658. The lowest BCUT2D eigenvalue weighted by molar-refractivity contribution is 0.00829. The fourth-order valence-corrected chi connectivity index (χ4v) is 3.82. The number of carbonyl (C=O) groups is 1. The van der Waals surface area contributed by atoms with Crippen LogP contribution in [0.1, 0.15) is 25.7 Å². The summed E-state index contributed by atoms with van der Waals surface area (Å²) in [6.45, 7) is 1.34. The fraction of sp³-hybridized carbons (Fsp3) is 0.588. The van der Waals surface area contributed by atoms with E-state index in [2.05, 4.69) is 5.32 Å². The molecule has 1 N–H and O–H groups in total. The average molecular weight is 372 g/mol. The van der Waals surface area contributed by atoms with Crippen LogP contribution in [0.15, 0.2) is 29.2 Å². The highest BCUT2D eigenvalue weighted by atomic mass is 32.2. The highest BCUT2D eigenvalue weighted by Crippen LogP contribution is 2.15. The predicted molar refractivity (Wildman–Crippen MR) is 92.7 cm³/mol. The van der Waals surface area contributed by atoms with Crippen molar-refractivity contribution in [3.63, 3.8) is 0 Å². The molecule has 0 unspecified atom stereocenters. The zero-order valence-corrected chi connectivity index (χ0v) is 15.2. The molecule has 1 aromatic rings.